The van der Waals surface area contributed by atoms with Crippen LogP contribution in [0.1, 0.15) is 33.1 Å². The van der Waals surface area contributed by atoms with Crippen LogP contribution in [0.2, 0.25) is 0 Å². The molecule has 0 radical (unpaired) electrons. The summed E-state index contributed by atoms with van der Waals surface area (Å²) in [5.41, 5.74) is 1.30. The Hall–Kier alpha value is -1.78. The summed E-state index contributed by atoms with van der Waals surface area (Å²) in [6.07, 6.45) is 3.30. The van der Waals surface area contributed by atoms with Crippen molar-refractivity contribution in [1.29, 1.82) is 0 Å². The molecule has 0 amide bonds. The highest BCUT2D eigenvalue weighted by Crippen LogP contribution is 2.32. The van der Waals surface area contributed by atoms with Crippen molar-refractivity contribution in [1.82, 2.24) is 0 Å². The number of nitro groups is 1. The summed E-state index contributed by atoms with van der Waals surface area (Å²) in [4.78, 5) is 10.8. The maximum absolute atomic E-state index is 11.1. The summed E-state index contributed by atoms with van der Waals surface area (Å²) < 4.78 is 0. The van der Waals surface area contributed by atoms with Crippen molar-refractivity contribution in [2.24, 2.45) is 0 Å². The Morgan fingerprint density at radius 2 is 1.83 bits per heavy atom. The van der Waals surface area contributed by atoms with Crippen LogP contribution >= 0.6 is 0 Å². The van der Waals surface area contributed by atoms with Crippen molar-refractivity contribution >= 4 is 17.1 Å². The van der Waals surface area contributed by atoms with E-state index in [1.54, 1.807) is 12.1 Å². The van der Waals surface area contributed by atoms with E-state index in [0.29, 0.717) is 17.9 Å². The molecule has 0 unspecified atom stereocenters. The molecule has 5 heteroatoms. The zero-order valence-electron chi connectivity index (χ0n) is 11.0. The topological polar surface area (TPSA) is 67.2 Å². The maximum Gasteiger partial charge on any atom is 0.315 e. The van der Waals surface area contributed by atoms with Gasteiger partial charge in [0.15, 0.2) is 0 Å². The zero-order chi connectivity index (χ0) is 13.4. The first-order valence-electron chi connectivity index (χ1n) is 6.45. The molecule has 0 aromatic heterocycles. The van der Waals surface area contributed by atoms with Crippen LogP contribution in [0.3, 0.4) is 0 Å². The molecule has 0 bridgehead atoms. The van der Waals surface area contributed by atoms with Gasteiger partial charge in [-0.05, 0) is 25.5 Å². The van der Waals surface area contributed by atoms with Crippen LogP contribution in [-0.2, 0) is 0 Å². The molecule has 0 atom stereocenters. The van der Waals surface area contributed by atoms with Crippen LogP contribution < -0.4 is 10.6 Å². The van der Waals surface area contributed by atoms with Gasteiger partial charge in [0.05, 0.1) is 4.92 Å². The molecule has 0 spiro atoms. The quantitative estimate of drug-likeness (QED) is 0.420. The number of rotatable bonds is 8. The fourth-order valence-electron chi connectivity index (χ4n) is 1.81. The number of hydrogen-bond donors (Lipinski definition) is 2. The Labute approximate surface area is 108 Å². The molecular weight excluding hydrogens is 230 g/mol. The van der Waals surface area contributed by atoms with Crippen molar-refractivity contribution in [3.05, 3.63) is 28.3 Å². The van der Waals surface area contributed by atoms with E-state index in [1.807, 2.05) is 13.0 Å². The smallest absolute Gasteiger partial charge is 0.315 e. The minimum Gasteiger partial charge on any atom is -0.380 e. The second-order valence-corrected chi connectivity index (χ2v) is 4.12. The Morgan fingerprint density at radius 1 is 1.17 bits per heavy atom. The minimum absolute atomic E-state index is 0.135. The lowest BCUT2D eigenvalue weighted by atomic mass is 10.2. The van der Waals surface area contributed by atoms with E-state index in [2.05, 4.69) is 17.6 Å². The molecule has 2 N–H and O–H groups in total. The highest BCUT2D eigenvalue weighted by molar-refractivity contribution is 5.76. The van der Waals surface area contributed by atoms with E-state index >= 15 is 0 Å². The summed E-state index contributed by atoms with van der Waals surface area (Å²) in [6, 6.07) is 5.32. The second kappa shape index (κ2) is 7.53. The predicted octanol–water partition coefficient (Wildman–Crippen LogP) is 3.63. The van der Waals surface area contributed by atoms with E-state index in [1.165, 1.54) is 0 Å². The van der Waals surface area contributed by atoms with Crippen LogP contribution in [0, 0.1) is 10.1 Å². The van der Waals surface area contributed by atoms with Crippen LogP contribution in [0.15, 0.2) is 18.2 Å². The normalized spacial score (nSPS) is 10.1. The Balaban J connectivity index is 2.82. The molecule has 1 aromatic rings. The average molecular weight is 251 g/mol. The second-order valence-electron chi connectivity index (χ2n) is 4.12. The molecule has 0 fully saturated rings. The van der Waals surface area contributed by atoms with Crippen LogP contribution in [0.25, 0.3) is 0 Å². The molecule has 18 heavy (non-hydrogen) atoms. The molecule has 5 nitrogen and oxygen atoms in total. The summed E-state index contributed by atoms with van der Waals surface area (Å²) in [7, 11) is 0. The molecule has 0 heterocycles. The summed E-state index contributed by atoms with van der Waals surface area (Å²) >= 11 is 0. The third-order valence-electron chi connectivity index (χ3n) is 2.68. The van der Waals surface area contributed by atoms with E-state index in [4.69, 9.17) is 0 Å². The molecule has 0 saturated carbocycles. The third kappa shape index (κ3) is 3.91. The lowest BCUT2D eigenvalue weighted by Gasteiger charge is -2.10. The van der Waals surface area contributed by atoms with Gasteiger partial charge >= 0.3 is 5.69 Å². The van der Waals surface area contributed by atoms with Gasteiger partial charge in [-0.1, -0.05) is 25.8 Å². The molecule has 1 aromatic carbocycles. The van der Waals surface area contributed by atoms with Gasteiger partial charge in [-0.25, -0.2) is 0 Å². The number of benzene rings is 1. The van der Waals surface area contributed by atoms with Gasteiger partial charge in [-0.2, -0.15) is 0 Å². The highest BCUT2D eigenvalue weighted by atomic mass is 16.6. The first-order valence-corrected chi connectivity index (χ1v) is 6.45. The summed E-state index contributed by atoms with van der Waals surface area (Å²) in [5.74, 6) is 0. The van der Waals surface area contributed by atoms with Gasteiger partial charge in [-0.3, -0.25) is 10.1 Å². The van der Waals surface area contributed by atoms with Crippen molar-refractivity contribution in [2.75, 3.05) is 23.7 Å². The lowest BCUT2D eigenvalue weighted by molar-refractivity contribution is -0.383. The fraction of sp³-hybridized carbons (Fsp3) is 0.538. The largest absolute Gasteiger partial charge is 0.380 e. The maximum atomic E-state index is 11.1. The number of nitrogens with one attached hydrogen (secondary N) is 2. The number of nitrogens with zero attached hydrogens (tertiary/aromatic N) is 1. The molecule has 0 aliphatic rings. The Morgan fingerprint density at radius 3 is 2.39 bits per heavy atom. The summed E-state index contributed by atoms with van der Waals surface area (Å²) in [5, 5.41) is 17.3. The Kier molecular flexibility index (Phi) is 5.97. The van der Waals surface area contributed by atoms with Crippen LogP contribution in [-0.4, -0.2) is 18.0 Å². The number of para-hydroxylation sites is 1. The van der Waals surface area contributed by atoms with Crippen LogP contribution in [0.4, 0.5) is 17.1 Å². The summed E-state index contributed by atoms with van der Waals surface area (Å²) in [6.45, 7) is 5.49. The van der Waals surface area contributed by atoms with Crippen LogP contribution in [0.5, 0.6) is 0 Å². The van der Waals surface area contributed by atoms with Gasteiger partial charge in [-0.15, -0.1) is 0 Å². The zero-order valence-corrected chi connectivity index (χ0v) is 11.0. The highest BCUT2D eigenvalue weighted by Gasteiger charge is 2.18. The SMILES string of the molecule is CCCCCNc1cccc(NCC)c1[N+](=O)[O-]. The van der Waals surface area contributed by atoms with E-state index < -0.39 is 0 Å². The van der Waals surface area contributed by atoms with Crippen molar-refractivity contribution in [3.63, 3.8) is 0 Å². The molecule has 0 saturated heterocycles. The molecule has 0 aliphatic carbocycles. The monoisotopic (exact) mass is 251 g/mol. The molecule has 1 rings (SSSR count). The fourth-order valence-corrected chi connectivity index (χ4v) is 1.81. The first-order chi connectivity index (χ1) is 8.70. The molecular formula is C13H21N3O2. The standard InChI is InChI=1S/C13H21N3O2/c1-3-5-6-10-15-12-9-7-8-11(14-4-2)13(12)16(17)18/h7-9,14-15H,3-6,10H2,1-2H3. The van der Waals surface area contributed by atoms with E-state index in [-0.39, 0.29) is 10.6 Å². The van der Waals surface area contributed by atoms with Gasteiger partial charge in [0, 0.05) is 13.1 Å². The van der Waals surface area contributed by atoms with Gasteiger partial charge < -0.3 is 10.6 Å². The number of unbranched alkanes of at least 4 members (excludes halogenated alkanes) is 2. The van der Waals surface area contributed by atoms with E-state index in [9.17, 15) is 10.1 Å². The number of hydrogen-bond acceptors (Lipinski definition) is 4. The van der Waals surface area contributed by atoms with Gasteiger partial charge in [0.1, 0.15) is 11.4 Å². The van der Waals surface area contributed by atoms with Crippen molar-refractivity contribution in [2.45, 2.75) is 33.1 Å². The first kappa shape index (κ1) is 14.3. The Bertz CT molecular complexity index is 394. The minimum atomic E-state index is -0.333. The molecule has 0 aliphatic heterocycles. The number of anilines is 2. The van der Waals surface area contributed by atoms with Gasteiger partial charge in [0.25, 0.3) is 0 Å². The lowest BCUT2D eigenvalue weighted by Crippen LogP contribution is -2.07. The third-order valence-corrected chi connectivity index (χ3v) is 2.68. The van der Waals surface area contributed by atoms with Crippen molar-refractivity contribution in [3.8, 4) is 0 Å². The van der Waals surface area contributed by atoms with E-state index in [0.717, 1.165) is 25.8 Å². The molecule has 100 valence electrons. The predicted molar refractivity (Wildman–Crippen MR) is 75.3 cm³/mol. The van der Waals surface area contributed by atoms with Crippen molar-refractivity contribution < 1.29 is 4.92 Å². The average Bonchev–Trinajstić information content (AvgIpc) is 2.35. The number of nitro benzene ring substituents is 1. The van der Waals surface area contributed by atoms with Gasteiger partial charge in [0.2, 0.25) is 0 Å².